The number of carbonyl (C=O) groups excluding carboxylic acids is 1. The van der Waals surface area contributed by atoms with E-state index in [0.717, 1.165) is 75.0 Å². The molecule has 1 N–H and O–H groups in total. The number of carbonyl (C=O) groups is 1. The molecule has 2 bridgehead atoms. The molecular formula is C34H44N4O2. The zero-order chi connectivity index (χ0) is 27.9. The molecule has 6 nitrogen and oxygen atoms in total. The van der Waals surface area contributed by atoms with Gasteiger partial charge in [0.2, 0.25) is 11.8 Å². The van der Waals surface area contributed by atoms with Crippen molar-refractivity contribution >= 4 is 5.91 Å². The highest BCUT2D eigenvalue weighted by Crippen LogP contribution is 2.41. The number of fused-ring (bicyclic) bond motifs is 2. The van der Waals surface area contributed by atoms with Crippen molar-refractivity contribution in [1.29, 1.82) is 0 Å². The van der Waals surface area contributed by atoms with Crippen molar-refractivity contribution in [3.05, 3.63) is 70.8 Å². The van der Waals surface area contributed by atoms with Gasteiger partial charge in [-0.15, -0.1) is 5.10 Å². The Kier molecular flexibility index (Phi) is 7.47. The van der Waals surface area contributed by atoms with Crippen LogP contribution in [0.15, 0.2) is 48.5 Å². The van der Waals surface area contributed by atoms with Gasteiger partial charge in [-0.2, -0.15) is 0 Å². The van der Waals surface area contributed by atoms with Gasteiger partial charge in [-0.3, -0.25) is 14.8 Å². The lowest BCUT2D eigenvalue weighted by Gasteiger charge is -2.33. The van der Waals surface area contributed by atoms with Gasteiger partial charge in [-0.25, -0.2) is 0 Å². The van der Waals surface area contributed by atoms with Crippen molar-refractivity contribution in [3.8, 4) is 17.1 Å². The number of hydrogen-bond acceptors (Lipinski definition) is 4. The Balaban J connectivity index is 1.20. The summed E-state index contributed by atoms with van der Waals surface area (Å²) in [5.41, 5.74) is 6.56. The largest absolute Gasteiger partial charge is 0.475 e. The molecule has 4 heterocycles. The first-order chi connectivity index (χ1) is 19.3. The van der Waals surface area contributed by atoms with E-state index < -0.39 is 5.41 Å². The zero-order valence-electron chi connectivity index (χ0n) is 24.6. The Bertz CT molecular complexity index is 1300. The molecule has 3 saturated heterocycles. The smallest absolute Gasteiger partial charge is 0.237 e. The van der Waals surface area contributed by atoms with Crippen molar-refractivity contribution < 1.29 is 9.53 Å². The summed E-state index contributed by atoms with van der Waals surface area (Å²) in [6, 6.07) is 18.4. The highest BCUT2D eigenvalue weighted by molar-refractivity contribution is 5.83. The summed E-state index contributed by atoms with van der Waals surface area (Å²) < 4.78 is 6.45. The molecule has 0 spiro atoms. The molecule has 6 rings (SSSR count). The van der Waals surface area contributed by atoms with Crippen LogP contribution in [0.4, 0.5) is 0 Å². The fraction of sp³-hybridized carbons (Fsp3) is 0.529. The molecule has 3 aliphatic heterocycles. The maximum absolute atomic E-state index is 13.6. The average Bonchev–Trinajstić information content (AvgIpc) is 3.66. The van der Waals surface area contributed by atoms with Crippen molar-refractivity contribution in [2.45, 2.75) is 90.8 Å². The Morgan fingerprint density at radius 2 is 1.57 bits per heavy atom. The standard InChI is InChI=1S/C34H44N4O2/c1-23-18-24(2)20-27(19-23)31-30(21-37-16-14-26(15-17-37)25-8-6-5-7-9-25)32(36-35-31)40-22-34(3,4)33(39)38-28-10-11-29(38)13-12-28/h5-9,18-20,26,28-29H,10-17,21-22H2,1-4H3,(H,35,36). The van der Waals surface area contributed by atoms with Crippen molar-refractivity contribution in [2.75, 3.05) is 19.7 Å². The molecule has 3 aliphatic rings. The third kappa shape index (κ3) is 5.43. The number of aromatic amines is 1. The molecule has 0 saturated carbocycles. The van der Waals surface area contributed by atoms with Gasteiger partial charge in [0.05, 0.1) is 16.7 Å². The fourth-order valence-corrected chi connectivity index (χ4v) is 7.25. The maximum atomic E-state index is 13.6. The lowest BCUT2D eigenvalue weighted by molar-refractivity contribution is -0.143. The first-order valence-electron chi connectivity index (χ1n) is 15.2. The number of nitrogens with zero attached hydrogens (tertiary/aromatic N) is 3. The summed E-state index contributed by atoms with van der Waals surface area (Å²) in [5.74, 6) is 1.47. The molecule has 1 amide bonds. The molecule has 0 radical (unpaired) electrons. The molecule has 0 atom stereocenters. The number of aryl methyl sites for hydroxylation is 2. The third-order valence-electron chi connectivity index (χ3n) is 9.42. The quantitative estimate of drug-likeness (QED) is 0.348. The molecule has 0 aliphatic carbocycles. The van der Waals surface area contributed by atoms with Crippen LogP contribution < -0.4 is 4.74 Å². The summed E-state index contributed by atoms with van der Waals surface area (Å²) in [4.78, 5) is 18.3. The fourth-order valence-electron chi connectivity index (χ4n) is 7.25. The minimum atomic E-state index is -0.602. The van der Waals surface area contributed by atoms with E-state index >= 15 is 0 Å². The van der Waals surface area contributed by atoms with Crippen LogP contribution in [-0.4, -0.2) is 57.7 Å². The van der Waals surface area contributed by atoms with E-state index in [1.165, 1.54) is 16.7 Å². The molecule has 0 unspecified atom stereocenters. The van der Waals surface area contributed by atoms with Gasteiger partial charge in [0, 0.05) is 24.2 Å². The molecular weight excluding hydrogens is 496 g/mol. The number of nitrogens with one attached hydrogen (secondary N) is 1. The number of amides is 1. The van der Waals surface area contributed by atoms with E-state index in [9.17, 15) is 4.79 Å². The predicted molar refractivity (Wildman–Crippen MR) is 159 cm³/mol. The van der Waals surface area contributed by atoms with Crippen LogP contribution in [0.5, 0.6) is 5.88 Å². The van der Waals surface area contributed by atoms with Gasteiger partial charge in [-0.1, -0.05) is 47.5 Å². The van der Waals surface area contributed by atoms with Gasteiger partial charge in [0.1, 0.15) is 6.61 Å². The third-order valence-corrected chi connectivity index (χ3v) is 9.42. The normalized spacial score (nSPS) is 21.8. The predicted octanol–water partition coefficient (Wildman–Crippen LogP) is 6.63. The molecule has 2 aromatic carbocycles. The summed E-state index contributed by atoms with van der Waals surface area (Å²) >= 11 is 0. The van der Waals surface area contributed by atoms with Crippen LogP contribution in [-0.2, 0) is 11.3 Å². The van der Waals surface area contributed by atoms with Crippen LogP contribution in [0.1, 0.15) is 80.5 Å². The average molecular weight is 541 g/mol. The van der Waals surface area contributed by atoms with Crippen LogP contribution >= 0.6 is 0 Å². The number of hydrogen-bond donors (Lipinski definition) is 1. The number of likely N-dealkylation sites (tertiary alicyclic amines) is 1. The van der Waals surface area contributed by atoms with Crippen LogP contribution in [0.2, 0.25) is 0 Å². The van der Waals surface area contributed by atoms with Crippen molar-refractivity contribution in [1.82, 2.24) is 20.0 Å². The number of H-pyrrole nitrogens is 1. The summed E-state index contributed by atoms with van der Waals surface area (Å²) in [7, 11) is 0. The molecule has 3 aromatic rings. The van der Waals surface area contributed by atoms with Gasteiger partial charge in [-0.05, 0) is 103 Å². The topological polar surface area (TPSA) is 61.5 Å². The number of rotatable bonds is 8. The number of piperidine rings is 1. The molecule has 40 heavy (non-hydrogen) atoms. The van der Waals surface area contributed by atoms with E-state index in [4.69, 9.17) is 4.74 Å². The highest BCUT2D eigenvalue weighted by atomic mass is 16.5. The lowest BCUT2D eigenvalue weighted by Crippen LogP contribution is -2.46. The van der Waals surface area contributed by atoms with Crippen LogP contribution in [0.3, 0.4) is 0 Å². The Labute approximate surface area is 239 Å². The number of aromatic nitrogens is 2. The van der Waals surface area contributed by atoms with Crippen molar-refractivity contribution in [2.24, 2.45) is 5.41 Å². The molecule has 3 fully saturated rings. The second-order valence-electron chi connectivity index (χ2n) is 13.1. The summed E-state index contributed by atoms with van der Waals surface area (Å²) in [6.07, 6.45) is 6.90. The summed E-state index contributed by atoms with van der Waals surface area (Å²) in [5, 5.41) is 8.00. The van der Waals surface area contributed by atoms with E-state index in [2.05, 4.69) is 82.4 Å². The Hall–Kier alpha value is -3.12. The molecule has 1 aromatic heterocycles. The zero-order valence-corrected chi connectivity index (χ0v) is 24.6. The first kappa shape index (κ1) is 27.1. The monoisotopic (exact) mass is 540 g/mol. The second kappa shape index (κ2) is 11.0. The van der Waals surface area contributed by atoms with E-state index in [0.29, 0.717) is 30.5 Å². The number of ether oxygens (including phenoxy) is 1. The number of benzene rings is 2. The van der Waals surface area contributed by atoms with Gasteiger partial charge in [0.15, 0.2) is 0 Å². The van der Waals surface area contributed by atoms with Crippen LogP contribution in [0.25, 0.3) is 11.3 Å². The van der Waals surface area contributed by atoms with E-state index in [-0.39, 0.29) is 5.91 Å². The maximum Gasteiger partial charge on any atom is 0.237 e. The Morgan fingerprint density at radius 1 is 0.950 bits per heavy atom. The van der Waals surface area contributed by atoms with Gasteiger partial charge < -0.3 is 9.64 Å². The first-order valence-corrected chi connectivity index (χ1v) is 15.2. The minimum Gasteiger partial charge on any atom is -0.475 e. The molecule has 6 heteroatoms. The van der Waals surface area contributed by atoms with Crippen LogP contribution in [0, 0.1) is 19.3 Å². The van der Waals surface area contributed by atoms with Gasteiger partial charge >= 0.3 is 0 Å². The van der Waals surface area contributed by atoms with E-state index in [1.807, 2.05) is 13.8 Å². The Morgan fingerprint density at radius 3 is 2.20 bits per heavy atom. The SMILES string of the molecule is Cc1cc(C)cc(-c2[nH]nc(OCC(C)(C)C(=O)N3C4CCC3CC4)c2CN2CCC(c3ccccc3)CC2)c1. The minimum absolute atomic E-state index is 0.229. The highest BCUT2D eigenvalue weighted by Gasteiger charge is 2.46. The summed E-state index contributed by atoms with van der Waals surface area (Å²) in [6.45, 7) is 11.5. The van der Waals surface area contributed by atoms with Gasteiger partial charge in [0.25, 0.3) is 0 Å². The van der Waals surface area contributed by atoms with E-state index in [1.54, 1.807) is 0 Å². The lowest BCUT2D eigenvalue weighted by atomic mass is 9.89. The second-order valence-corrected chi connectivity index (χ2v) is 13.1. The van der Waals surface area contributed by atoms with Crippen molar-refractivity contribution in [3.63, 3.8) is 0 Å². The molecule has 212 valence electrons.